The first kappa shape index (κ1) is 10.8. The van der Waals surface area contributed by atoms with Gasteiger partial charge in [0.15, 0.2) is 0 Å². The average molecular weight is 229 g/mol. The molecule has 1 N–H and O–H groups in total. The predicted molar refractivity (Wildman–Crippen MR) is 70.2 cm³/mol. The number of aromatic nitrogens is 2. The minimum Gasteiger partial charge on any atom is -0.329 e. The quantitative estimate of drug-likeness (QED) is 0.857. The number of nitrogens with zero attached hydrogens (tertiary/aromatic N) is 2. The van der Waals surface area contributed by atoms with Crippen molar-refractivity contribution in [2.75, 3.05) is 6.54 Å². The summed E-state index contributed by atoms with van der Waals surface area (Å²) in [5.74, 6) is 0. The average Bonchev–Trinajstić information content (AvgIpc) is 2.92. The highest BCUT2D eigenvalue weighted by atomic mass is 15.1. The molecule has 1 aromatic heterocycles. The summed E-state index contributed by atoms with van der Waals surface area (Å²) in [4.78, 5) is 4.50. The number of fused-ring (bicyclic) bond motifs is 1. The van der Waals surface area contributed by atoms with Gasteiger partial charge >= 0.3 is 0 Å². The van der Waals surface area contributed by atoms with Gasteiger partial charge in [-0.3, -0.25) is 0 Å². The van der Waals surface area contributed by atoms with Crippen molar-refractivity contribution < 1.29 is 0 Å². The number of nitrogens with one attached hydrogen (secondary N) is 1. The number of imidazole rings is 1. The lowest BCUT2D eigenvalue weighted by atomic mass is 10.1. The van der Waals surface area contributed by atoms with Crippen LogP contribution in [0.1, 0.15) is 24.0 Å². The predicted octanol–water partition coefficient (Wildman–Crippen LogP) is 2.41. The Bertz CT molecular complexity index is 536. The molecule has 1 aliphatic heterocycles. The third-order valence-electron chi connectivity index (χ3n) is 3.82. The van der Waals surface area contributed by atoms with Crippen LogP contribution in [-0.2, 0) is 6.54 Å². The van der Waals surface area contributed by atoms with Gasteiger partial charge in [-0.1, -0.05) is 0 Å². The fourth-order valence-electron chi connectivity index (χ4n) is 2.61. The van der Waals surface area contributed by atoms with E-state index < -0.39 is 0 Å². The number of aryl methyl sites for hydroxylation is 2. The van der Waals surface area contributed by atoms with Gasteiger partial charge in [-0.25, -0.2) is 4.98 Å². The van der Waals surface area contributed by atoms with Gasteiger partial charge in [0.1, 0.15) is 0 Å². The summed E-state index contributed by atoms with van der Waals surface area (Å²) >= 11 is 0. The highest BCUT2D eigenvalue weighted by Crippen LogP contribution is 2.19. The van der Waals surface area contributed by atoms with E-state index in [9.17, 15) is 0 Å². The first-order valence-corrected chi connectivity index (χ1v) is 6.39. The van der Waals surface area contributed by atoms with Crippen LogP contribution < -0.4 is 5.32 Å². The van der Waals surface area contributed by atoms with E-state index >= 15 is 0 Å². The molecule has 2 heterocycles. The molecule has 1 aromatic carbocycles. The highest BCUT2D eigenvalue weighted by molar-refractivity contribution is 5.77. The Morgan fingerprint density at radius 2 is 2.18 bits per heavy atom. The molecule has 90 valence electrons. The Balaban J connectivity index is 1.96. The minimum atomic E-state index is 0.619. The van der Waals surface area contributed by atoms with Crippen molar-refractivity contribution in [1.82, 2.24) is 14.9 Å². The lowest BCUT2D eigenvalue weighted by Crippen LogP contribution is -2.26. The Morgan fingerprint density at radius 1 is 1.35 bits per heavy atom. The fourth-order valence-corrected chi connectivity index (χ4v) is 2.61. The SMILES string of the molecule is Cc1cc2ncn(C[C@@H]3CCCN3)c2cc1C. The Hall–Kier alpha value is -1.35. The van der Waals surface area contributed by atoms with E-state index in [4.69, 9.17) is 0 Å². The maximum absolute atomic E-state index is 4.50. The van der Waals surface area contributed by atoms with Crippen LogP contribution in [-0.4, -0.2) is 22.1 Å². The molecule has 3 nitrogen and oxygen atoms in total. The van der Waals surface area contributed by atoms with Crippen LogP contribution in [0.2, 0.25) is 0 Å². The first-order valence-electron chi connectivity index (χ1n) is 6.39. The van der Waals surface area contributed by atoms with Crippen molar-refractivity contribution in [1.29, 1.82) is 0 Å². The summed E-state index contributed by atoms with van der Waals surface area (Å²) < 4.78 is 2.28. The van der Waals surface area contributed by atoms with Gasteiger partial charge in [0.2, 0.25) is 0 Å². The molecule has 0 unspecified atom stereocenters. The topological polar surface area (TPSA) is 29.9 Å². The number of rotatable bonds is 2. The largest absolute Gasteiger partial charge is 0.329 e. The van der Waals surface area contributed by atoms with E-state index in [-0.39, 0.29) is 0 Å². The van der Waals surface area contributed by atoms with Crippen LogP contribution >= 0.6 is 0 Å². The molecule has 1 aliphatic rings. The number of hydrogen-bond donors (Lipinski definition) is 1. The van der Waals surface area contributed by atoms with E-state index in [0.717, 1.165) is 18.6 Å². The molecule has 0 spiro atoms. The van der Waals surface area contributed by atoms with Crippen LogP contribution in [0.4, 0.5) is 0 Å². The third-order valence-corrected chi connectivity index (χ3v) is 3.82. The zero-order chi connectivity index (χ0) is 11.8. The molecule has 1 atom stereocenters. The van der Waals surface area contributed by atoms with Crippen molar-refractivity contribution >= 4 is 11.0 Å². The molecule has 3 rings (SSSR count). The molecule has 2 aromatic rings. The van der Waals surface area contributed by atoms with Crippen LogP contribution in [0, 0.1) is 13.8 Å². The van der Waals surface area contributed by atoms with Gasteiger partial charge in [0.05, 0.1) is 17.4 Å². The van der Waals surface area contributed by atoms with Crippen LogP contribution in [0.3, 0.4) is 0 Å². The Morgan fingerprint density at radius 3 is 2.94 bits per heavy atom. The van der Waals surface area contributed by atoms with E-state index in [0.29, 0.717) is 6.04 Å². The molecule has 17 heavy (non-hydrogen) atoms. The Labute approximate surface area is 102 Å². The second-order valence-corrected chi connectivity index (χ2v) is 5.12. The van der Waals surface area contributed by atoms with Crippen molar-refractivity contribution in [3.05, 3.63) is 29.6 Å². The van der Waals surface area contributed by atoms with E-state index in [1.165, 1.54) is 29.5 Å². The molecule has 1 saturated heterocycles. The molecule has 0 radical (unpaired) electrons. The first-order chi connectivity index (χ1) is 8.24. The van der Waals surface area contributed by atoms with Gasteiger partial charge in [-0.2, -0.15) is 0 Å². The molecule has 0 bridgehead atoms. The van der Waals surface area contributed by atoms with Crippen LogP contribution in [0.15, 0.2) is 18.5 Å². The second kappa shape index (κ2) is 4.15. The molecule has 3 heteroatoms. The molecule has 1 fully saturated rings. The minimum absolute atomic E-state index is 0.619. The van der Waals surface area contributed by atoms with Gasteiger partial charge in [0.25, 0.3) is 0 Å². The third kappa shape index (κ3) is 1.95. The zero-order valence-corrected chi connectivity index (χ0v) is 10.5. The molecular formula is C14H19N3. The number of benzene rings is 1. The lowest BCUT2D eigenvalue weighted by molar-refractivity contribution is 0.517. The summed E-state index contributed by atoms with van der Waals surface area (Å²) in [6.45, 7) is 6.51. The zero-order valence-electron chi connectivity index (χ0n) is 10.5. The standard InChI is InChI=1S/C14H19N3/c1-10-6-13-14(7-11(10)2)17(9-16-13)8-12-4-3-5-15-12/h6-7,9,12,15H,3-5,8H2,1-2H3/t12-/m0/s1. The summed E-state index contributed by atoms with van der Waals surface area (Å²) in [7, 11) is 0. The van der Waals surface area contributed by atoms with Crippen LogP contribution in [0.5, 0.6) is 0 Å². The summed E-state index contributed by atoms with van der Waals surface area (Å²) in [5.41, 5.74) is 5.05. The lowest BCUT2D eigenvalue weighted by Gasteiger charge is -2.12. The van der Waals surface area contributed by atoms with E-state index in [1.54, 1.807) is 0 Å². The monoisotopic (exact) mass is 229 g/mol. The Kier molecular flexibility index (Phi) is 2.63. The summed E-state index contributed by atoms with van der Waals surface area (Å²) in [6, 6.07) is 5.06. The normalized spacial score (nSPS) is 20.2. The maximum Gasteiger partial charge on any atom is 0.0958 e. The van der Waals surface area contributed by atoms with Crippen LogP contribution in [0.25, 0.3) is 11.0 Å². The smallest absolute Gasteiger partial charge is 0.0958 e. The van der Waals surface area contributed by atoms with Crippen molar-refractivity contribution in [2.45, 2.75) is 39.3 Å². The van der Waals surface area contributed by atoms with Gasteiger partial charge in [0, 0.05) is 12.6 Å². The van der Waals surface area contributed by atoms with Crippen molar-refractivity contribution in [3.8, 4) is 0 Å². The van der Waals surface area contributed by atoms with Crippen molar-refractivity contribution in [2.24, 2.45) is 0 Å². The van der Waals surface area contributed by atoms with E-state index in [2.05, 4.69) is 40.8 Å². The van der Waals surface area contributed by atoms with Gasteiger partial charge in [-0.05, 0) is 56.5 Å². The summed E-state index contributed by atoms with van der Waals surface area (Å²) in [5, 5.41) is 3.54. The summed E-state index contributed by atoms with van der Waals surface area (Å²) in [6.07, 6.45) is 4.56. The molecule has 0 saturated carbocycles. The fraction of sp³-hybridized carbons (Fsp3) is 0.500. The maximum atomic E-state index is 4.50. The highest BCUT2D eigenvalue weighted by Gasteiger charge is 2.15. The molecule has 0 amide bonds. The van der Waals surface area contributed by atoms with Gasteiger partial charge < -0.3 is 9.88 Å². The van der Waals surface area contributed by atoms with E-state index in [1.807, 2.05) is 6.33 Å². The van der Waals surface area contributed by atoms with Crippen molar-refractivity contribution in [3.63, 3.8) is 0 Å². The molecule has 0 aliphatic carbocycles. The van der Waals surface area contributed by atoms with Gasteiger partial charge in [-0.15, -0.1) is 0 Å². The molecular weight excluding hydrogens is 210 g/mol. The number of hydrogen-bond acceptors (Lipinski definition) is 2. The second-order valence-electron chi connectivity index (χ2n) is 5.12.